The summed E-state index contributed by atoms with van der Waals surface area (Å²) in [6.45, 7) is 9.03. The lowest BCUT2D eigenvalue weighted by Crippen LogP contribution is -2.15. The van der Waals surface area contributed by atoms with E-state index in [1.54, 1.807) is 0 Å². The predicted octanol–water partition coefficient (Wildman–Crippen LogP) is 4.65. The van der Waals surface area contributed by atoms with Crippen molar-refractivity contribution in [1.82, 2.24) is 0 Å². The van der Waals surface area contributed by atoms with Crippen LogP contribution in [-0.2, 0) is 0 Å². The lowest BCUT2D eigenvalue weighted by molar-refractivity contribution is 0.513. The summed E-state index contributed by atoms with van der Waals surface area (Å²) in [4.78, 5) is 0. The summed E-state index contributed by atoms with van der Waals surface area (Å²) >= 11 is 6.09. The van der Waals surface area contributed by atoms with Crippen molar-refractivity contribution in [3.8, 4) is 0 Å². The molecule has 0 saturated heterocycles. The van der Waals surface area contributed by atoms with Crippen LogP contribution in [0.4, 0.5) is 0 Å². The predicted molar refractivity (Wildman–Crippen MR) is 66.7 cm³/mol. The molecule has 2 unspecified atom stereocenters. The minimum Gasteiger partial charge on any atom is -0.0658 e. The monoisotopic (exact) mass is 340 g/mol. The Morgan fingerprint density at radius 2 is 1.67 bits per heavy atom. The zero-order valence-electron chi connectivity index (χ0n) is 7.91. The molecule has 0 aromatic rings. The largest absolute Gasteiger partial charge is 0.0658 e. The van der Waals surface area contributed by atoms with Gasteiger partial charge in [-0.05, 0) is 69.8 Å². The van der Waals surface area contributed by atoms with E-state index in [2.05, 4.69) is 66.2 Å². The number of rotatable bonds is 0. The SMILES string of the molecule is CC1=C(C)C(C)C(C)C(I)=C1Br. The van der Waals surface area contributed by atoms with Gasteiger partial charge in [0, 0.05) is 8.06 Å². The molecule has 0 saturated carbocycles. The Labute approximate surface area is 96.8 Å². The second-order valence-corrected chi connectivity index (χ2v) is 5.50. The smallest absolute Gasteiger partial charge is 0.0299 e. The van der Waals surface area contributed by atoms with Gasteiger partial charge in [0.05, 0.1) is 0 Å². The molecule has 0 nitrogen and oxygen atoms in total. The third-order valence-corrected chi connectivity index (χ3v) is 6.25. The molecule has 68 valence electrons. The molecule has 12 heavy (non-hydrogen) atoms. The Balaban J connectivity index is 3.18. The summed E-state index contributed by atoms with van der Waals surface area (Å²) in [6, 6.07) is 0. The molecule has 0 aliphatic heterocycles. The maximum atomic E-state index is 3.64. The van der Waals surface area contributed by atoms with E-state index in [1.165, 1.54) is 19.2 Å². The van der Waals surface area contributed by atoms with Gasteiger partial charge in [-0.25, -0.2) is 0 Å². The minimum absolute atomic E-state index is 0.670. The fourth-order valence-corrected chi connectivity index (χ4v) is 3.11. The van der Waals surface area contributed by atoms with E-state index < -0.39 is 0 Å². The lowest BCUT2D eigenvalue weighted by Gasteiger charge is -2.28. The molecule has 0 radical (unpaired) electrons. The highest BCUT2D eigenvalue weighted by molar-refractivity contribution is 14.1. The fraction of sp³-hybridized carbons (Fsp3) is 0.600. The first-order chi connectivity index (χ1) is 5.46. The Kier molecular flexibility index (Phi) is 3.43. The molecule has 0 spiro atoms. The van der Waals surface area contributed by atoms with Gasteiger partial charge >= 0.3 is 0 Å². The van der Waals surface area contributed by atoms with Crippen LogP contribution in [0.15, 0.2) is 19.2 Å². The highest BCUT2D eigenvalue weighted by Crippen LogP contribution is 2.43. The van der Waals surface area contributed by atoms with E-state index in [9.17, 15) is 0 Å². The first-order valence-electron chi connectivity index (χ1n) is 4.19. The molecule has 1 aliphatic carbocycles. The van der Waals surface area contributed by atoms with Crippen LogP contribution in [-0.4, -0.2) is 0 Å². The Hall–Kier alpha value is 0.690. The summed E-state index contributed by atoms with van der Waals surface area (Å²) in [7, 11) is 0. The summed E-state index contributed by atoms with van der Waals surface area (Å²) in [5.41, 5.74) is 2.94. The van der Waals surface area contributed by atoms with Gasteiger partial charge in [-0.3, -0.25) is 0 Å². The minimum atomic E-state index is 0.670. The molecule has 1 aliphatic rings. The van der Waals surface area contributed by atoms with E-state index in [0.29, 0.717) is 11.8 Å². The third-order valence-electron chi connectivity index (χ3n) is 2.96. The van der Waals surface area contributed by atoms with E-state index in [4.69, 9.17) is 0 Å². The lowest BCUT2D eigenvalue weighted by atomic mass is 9.83. The molecular formula is C10H14BrI. The molecule has 0 amide bonds. The number of hydrogen-bond acceptors (Lipinski definition) is 0. The number of hydrogen-bond donors (Lipinski definition) is 0. The van der Waals surface area contributed by atoms with Crippen LogP contribution in [0.1, 0.15) is 27.7 Å². The summed E-state index contributed by atoms with van der Waals surface area (Å²) < 4.78 is 2.77. The van der Waals surface area contributed by atoms with Gasteiger partial charge in [0.1, 0.15) is 0 Å². The van der Waals surface area contributed by atoms with Crippen LogP contribution in [0, 0.1) is 11.8 Å². The van der Waals surface area contributed by atoms with E-state index in [-0.39, 0.29) is 0 Å². The van der Waals surface area contributed by atoms with E-state index in [1.807, 2.05) is 0 Å². The zero-order chi connectivity index (χ0) is 9.46. The molecule has 1 rings (SSSR count). The Bertz CT molecular complexity index is 235. The quantitative estimate of drug-likeness (QED) is 0.563. The molecule has 0 fully saturated rings. The van der Waals surface area contributed by atoms with Gasteiger partial charge in [0.2, 0.25) is 0 Å². The van der Waals surface area contributed by atoms with Crippen LogP contribution in [0.3, 0.4) is 0 Å². The van der Waals surface area contributed by atoms with E-state index >= 15 is 0 Å². The molecule has 2 atom stereocenters. The maximum Gasteiger partial charge on any atom is 0.0299 e. The summed E-state index contributed by atoms with van der Waals surface area (Å²) in [5, 5.41) is 0. The molecule has 0 aromatic heterocycles. The average molecular weight is 341 g/mol. The average Bonchev–Trinajstić information content (AvgIpc) is 2.08. The first-order valence-corrected chi connectivity index (χ1v) is 6.07. The van der Waals surface area contributed by atoms with Crippen LogP contribution in [0.2, 0.25) is 0 Å². The van der Waals surface area contributed by atoms with Crippen LogP contribution in [0.5, 0.6) is 0 Å². The van der Waals surface area contributed by atoms with Crippen molar-refractivity contribution in [3.63, 3.8) is 0 Å². The van der Waals surface area contributed by atoms with Gasteiger partial charge < -0.3 is 0 Å². The van der Waals surface area contributed by atoms with Crippen molar-refractivity contribution < 1.29 is 0 Å². The molecule has 0 N–H and O–H groups in total. The second kappa shape index (κ2) is 3.82. The van der Waals surface area contributed by atoms with Crippen molar-refractivity contribution >= 4 is 38.5 Å². The Morgan fingerprint density at radius 1 is 1.17 bits per heavy atom. The van der Waals surface area contributed by atoms with Crippen molar-refractivity contribution in [2.75, 3.05) is 0 Å². The van der Waals surface area contributed by atoms with Gasteiger partial charge in [0.15, 0.2) is 0 Å². The third kappa shape index (κ3) is 1.65. The standard InChI is InChI=1S/C10H14BrI/c1-5-6(2)8(4)10(12)9(11)7(5)3/h6,8H,1-4H3. The summed E-state index contributed by atoms with van der Waals surface area (Å²) in [5.74, 6) is 1.36. The topological polar surface area (TPSA) is 0 Å². The normalized spacial score (nSPS) is 31.5. The first kappa shape index (κ1) is 10.8. The number of halogens is 2. The Morgan fingerprint density at radius 3 is 2.17 bits per heavy atom. The highest BCUT2D eigenvalue weighted by Gasteiger charge is 2.25. The van der Waals surface area contributed by atoms with Crippen molar-refractivity contribution in [2.45, 2.75) is 27.7 Å². The van der Waals surface area contributed by atoms with Crippen LogP contribution < -0.4 is 0 Å². The zero-order valence-corrected chi connectivity index (χ0v) is 11.7. The van der Waals surface area contributed by atoms with Crippen molar-refractivity contribution in [2.24, 2.45) is 11.8 Å². The maximum absolute atomic E-state index is 3.64. The van der Waals surface area contributed by atoms with E-state index in [0.717, 1.165) is 0 Å². The number of allylic oxidation sites excluding steroid dienone is 4. The molecule has 2 heteroatoms. The summed E-state index contributed by atoms with van der Waals surface area (Å²) in [6.07, 6.45) is 0. The van der Waals surface area contributed by atoms with Gasteiger partial charge in [-0.15, -0.1) is 0 Å². The van der Waals surface area contributed by atoms with Gasteiger partial charge in [-0.1, -0.05) is 19.4 Å². The van der Waals surface area contributed by atoms with Gasteiger partial charge in [-0.2, -0.15) is 0 Å². The molecular weight excluding hydrogens is 327 g/mol. The second-order valence-electron chi connectivity index (χ2n) is 3.55. The van der Waals surface area contributed by atoms with Crippen LogP contribution >= 0.6 is 38.5 Å². The molecule has 0 heterocycles. The van der Waals surface area contributed by atoms with Gasteiger partial charge in [0.25, 0.3) is 0 Å². The van der Waals surface area contributed by atoms with Crippen molar-refractivity contribution in [1.29, 1.82) is 0 Å². The molecule has 0 bridgehead atoms. The fourth-order valence-electron chi connectivity index (χ4n) is 1.49. The molecule has 0 aromatic carbocycles. The highest BCUT2D eigenvalue weighted by atomic mass is 127. The van der Waals surface area contributed by atoms with Crippen LogP contribution in [0.25, 0.3) is 0 Å². The van der Waals surface area contributed by atoms with Crippen molar-refractivity contribution in [3.05, 3.63) is 19.2 Å².